The van der Waals surface area contributed by atoms with E-state index in [1.54, 1.807) is 0 Å². The molecule has 0 bridgehead atoms. The van der Waals surface area contributed by atoms with Gasteiger partial charge in [0, 0.05) is 11.5 Å². The fraction of sp³-hybridized carbons (Fsp3) is 0.150. The first kappa shape index (κ1) is 13.9. The van der Waals surface area contributed by atoms with Crippen LogP contribution in [0, 0.1) is 0 Å². The van der Waals surface area contributed by atoms with Crippen molar-refractivity contribution in [2.45, 2.75) is 14.6 Å². The number of ketones is 1. The summed E-state index contributed by atoms with van der Waals surface area (Å²) in [5, 5.41) is 2.25. The van der Waals surface area contributed by atoms with E-state index < -0.39 is 8.65 Å². The molecule has 1 fully saturated rings. The molecule has 0 aromatic heterocycles. The van der Waals surface area contributed by atoms with Crippen molar-refractivity contribution in [3.05, 3.63) is 83.4 Å². The molecule has 112 valence electrons. The number of rotatable bonds is 1. The summed E-state index contributed by atoms with van der Waals surface area (Å²) in [6.07, 6.45) is 0. The SMILES string of the molecule is O=C1c2cccc3cccc(c23)[C@@]12[C@H](c1ccccc1)C2(Br)Br. The van der Waals surface area contributed by atoms with Crippen LogP contribution in [0.25, 0.3) is 10.8 Å². The van der Waals surface area contributed by atoms with Crippen LogP contribution in [-0.2, 0) is 5.41 Å². The highest BCUT2D eigenvalue weighted by Crippen LogP contribution is 2.79. The second kappa shape index (κ2) is 4.34. The summed E-state index contributed by atoms with van der Waals surface area (Å²) >= 11 is 7.67. The molecule has 1 nitrogen and oxygen atoms in total. The lowest BCUT2D eigenvalue weighted by Crippen LogP contribution is -2.21. The maximum Gasteiger partial charge on any atom is 0.177 e. The van der Waals surface area contributed by atoms with Crippen molar-refractivity contribution in [1.82, 2.24) is 0 Å². The number of carbonyl (C=O) groups is 1. The number of hydrogen-bond donors (Lipinski definition) is 0. The first-order valence-electron chi connectivity index (χ1n) is 7.60. The van der Waals surface area contributed by atoms with E-state index >= 15 is 0 Å². The Morgan fingerprint density at radius 2 is 1.52 bits per heavy atom. The van der Waals surface area contributed by atoms with Gasteiger partial charge < -0.3 is 0 Å². The highest BCUT2D eigenvalue weighted by molar-refractivity contribution is 9.25. The molecule has 23 heavy (non-hydrogen) atoms. The molecule has 1 spiro atoms. The zero-order valence-electron chi connectivity index (χ0n) is 12.1. The lowest BCUT2D eigenvalue weighted by atomic mass is 9.90. The number of hydrogen-bond acceptors (Lipinski definition) is 1. The van der Waals surface area contributed by atoms with E-state index in [0.29, 0.717) is 0 Å². The van der Waals surface area contributed by atoms with E-state index in [4.69, 9.17) is 0 Å². The topological polar surface area (TPSA) is 17.1 Å². The Balaban J connectivity index is 1.83. The van der Waals surface area contributed by atoms with Crippen molar-refractivity contribution in [1.29, 1.82) is 0 Å². The molecule has 3 aromatic rings. The third-order valence-electron chi connectivity index (χ3n) is 5.30. The summed E-state index contributed by atoms with van der Waals surface area (Å²) in [6, 6.07) is 22.5. The first-order chi connectivity index (χ1) is 11.1. The fourth-order valence-electron chi connectivity index (χ4n) is 4.32. The van der Waals surface area contributed by atoms with Crippen molar-refractivity contribution in [3.8, 4) is 0 Å². The molecular formula is C20H12Br2O. The number of carbonyl (C=O) groups excluding carboxylic acids is 1. The van der Waals surface area contributed by atoms with Crippen LogP contribution in [-0.4, -0.2) is 9.02 Å². The summed E-state index contributed by atoms with van der Waals surface area (Å²) in [5.41, 5.74) is 2.61. The smallest absolute Gasteiger partial charge is 0.177 e. The van der Waals surface area contributed by atoms with Gasteiger partial charge in [-0.3, -0.25) is 4.79 Å². The lowest BCUT2D eigenvalue weighted by molar-refractivity contribution is 0.0952. The molecule has 3 aromatic carbocycles. The molecule has 0 radical (unpaired) electrons. The van der Waals surface area contributed by atoms with Crippen LogP contribution >= 0.6 is 31.9 Å². The average molecular weight is 428 g/mol. The molecule has 1 saturated carbocycles. The Bertz CT molecular complexity index is 972. The summed E-state index contributed by atoms with van der Waals surface area (Å²) in [6.45, 7) is 0. The monoisotopic (exact) mass is 426 g/mol. The molecule has 0 saturated heterocycles. The van der Waals surface area contributed by atoms with Gasteiger partial charge in [-0.2, -0.15) is 0 Å². The Morgan fingerprint density at radius 1 is 0.826 bits per heavy atom. The second-order valence-electron chi connectivity index (χ2n) is 6.31. The van der Waals surface area contributed by atoms with Crippen molar-refractivity contribution in [2.75, 3.05) is 0 Å². The lowest BCUT2D eigenvalue weighted by Gasteiger charge is -2.11. The standard InChI is InChI=1S/C20H12Br2O/c21-20(22)17(13-6-2-1-3-7-13)19(20)15-11-5-9-12-8-4-10-14(16(12)15)18(19)23/h1-11,17H/t17-,19+/m0/s1. The summed E-state index contributed by atoms with van der Waals surface area (Å²) in [5.74, 6) is 0.300. The van der Waals surface area contributed by atoms with Gasteiger partial charge in [0.25, 0.3) is 0 Å². The zero-order valence-corrected chi connectivity index (χ0v) is 15.3. The van der Waals surface area contributed by atoms with Crippen LogP contribution < -0.4 is 0 Å². The van der Waals surface area contributed by atoms with Gasteiger partial charge in [0.05, 0.1) is 5.41 Å². The third kappa shape index (κ3) is 1.46. The normalized spacial score (nSPS) is 26.9. The Labute approximate surface area is 151 Å². The van der Waals surface area contributed by atoms with Crippen molar-refractivity contribution in [3.63, 3.8) is 0 Å². The molecule has 0 amide bonds. The van der Waals surface area contributed by atoms with Crippen LogP contribution in [0.2, 0.25) is 0 Å². The van der Waals surface area contributed by atoms with Crippen LogP contribution in [0.3, 0.4) is 0 Å². The van der Waals surface area contributed by atoms with Crippen LogP contribution in [0.5, 0.6) is 0 Å². The van der Waals surface area contributed by atoms with Gasteiger partial charge in [-0.25, -0.2) is 0 Å². The summed E-state index contributed by atoms with van der Waals surface area (Å²) in [7, 11) is 0. The Kier molecular flexibility index (Phi) is 2.63. The minimum absolute atomic E-state index is 0.0849. The van der Waals surface area contributed by atoms with E-state index in [2.05, 4.69) is 68.3 Å². The average Bonchev–Trinajstić information content (AvgIpc) is 2.99. The zero-order chi connectivity index (χ0) is 15.8. The minimum atomic E-state index is -0.558. The van der Waals surface area contributed by atoms with Crippen LogP contribution in [0.15, 0.2) is 66.7 Å². The maximum atomic E-state index is 13.4. The molecule has 0 heterocycles. The largest absolute Gasteiger partial charge is 0.293 e. The van der Waals surface area contributed by atoms with Gasteiger partial charge in [0.1, 0.15) is 3.23 Å². The minimum Gasteiger partial charge on any atom is -0.293 e. The highest BCUT2D eigenvalue weighted by atomic mass is 79.9. The predicted octanol–water partition coefficient (Wildman–Crippen LogP) is 5.56. The van der Waals surface area contributed by atoms with Crippen LogP contribution in [0.1, 0.15) is 27.4 Å². The van der Waals surface area contributed by atoms with Gasteiger partial charge in [-0.15, -0.1) is 0 Å². The molecular weight excluding hydrogens is 416 g/mol. The maximum absolute atomic E-state index is 13.4. The van der Waals surface area contributed by atoms with Gasteiger partial charge in [-0.1, -0.05) is 98.6 Å². The third-order valence-corrected chi connectivity index (χ3v) is 7.47. The molecule has 2 atom stereocenters. The Morgan fingerprint density at radius 3 is 2.26 bits per heavy atom. The Hall–Kier alpha value is -1.45. The second-order valence-corrected chi connectivity index (χ2v) is 9.88. The number of halogens is 2. The molecule has 0 unspecified atom stereocenters. The molecule has 0 aliphatic heterocycles. The number of Topliss-reactive ketones (excluding diaryl/α,β-unsaturated/α-hetero) is 1. The fourth-order valence-corrected chi connectivity index (χ4v) is 6.55. The quantitative estimate of drug-likeness (QED) is 0.465. The highest BCUT2D eigenvalue weighted by Gasteiger charge is 2.81. The predicted molar refractivity (Wildman–Crippen MR) is 99.7 cm³/mol. The molecule has 5 rings (SSSR count). The molecule has 3 heteroatoms. The molecule has 2 aliphatic rings. The summed E-state index contributed by atoms with van der Waals surface area (Å²) in [4.78, 5) is 13.4. The van der Waals surface area contributed by atoms with E-state index in [-0.39, 0.29) is 11.7 Å². The van der Waals surface area contributed by atoms with Gasteiger partial charge in [0.15, 0.2) is 5.78 Å². The molecule has 2 aliphatic carbocycles. The first-order valence-corrected chi connectivity index (χ1v) is 9.18. The van der Waals surface area contributed by atoms with E-state index in [1.807, 2.05) is 30.3 Å². The van der Waals surface area contributed by atoms with Gasteiger partial charge >= 0.3 is 0 Å². The van der Waals surface area contributed by atoms with E-state index in [9.17, 15) is 4.79 Å². The van der Waals surface area contributed by atoms with Crippen LogP contribution in [0.4, 0.5) is 0 Å². The number of fused-ring (bicyclic) bond motifs is 1. The van der Waals surface area contributed by atoms with Crippen molar-refractivity contribution >= 4 is 48.4 Å². The number of alkyl halides is 2. The van der Waals surface area contributed by atoms with Gasteiger partial charge in [-0.05, 0) is 21.9 Å². The number of benzene rings is 3. The summed E-state index contributed by atoms with van der Waals surface area (Å²) < 4.78 is -0.432. The van der Waals surface area contributed by atoms with E-state index in [0.717, 1.165) is 21.9 Å². The van der Waals surface area contributed by atoms with Gasteiger partial charge in [0.2, 0.25) is 0 Å². The van der Waals surface area contributed by atoms with E-state index in [1.165, 1.54) is 5.56 Å². The van der Waals surface area contributed by atoms with Crippen molar-refractivity contribution < 1.29 is 4.79 Å². The molecule has 0 N–H and O–H groups in total. The van der Waals surface area contributed by atoms with Crippen molar-refractivity contribution in [2.24, 2.45) is 0 Å².